The van der Waals surface area contributed by atoms with Crippen LogP contribution >= 0.6 is 12.6 Å². The third-order valence-corrected chi connectivity index (χ3v) is 6.17. The molecule has 5 heteroatoms. The molecule has 0 radical (unpaired) electrons. The van der Waals surface area contributed by atoms with Crippen LogP contribution in [0, 0.1) is 5.92 Å². The Morgan fingerprint density at radius 1 is 1.10 bits per heavy atom. The summed E-state index contributed by atoms with van der Waals surface area (Å²) < 4.78 is 0. The number of hydrogen-bond donors (Lipinski definition) is 4. The van der Waals surface area contributed by atoms with E-state index in [4.69, 9.17) is 0 Å². The molecule has 0 fully saturated rings. The number of rotatable bonds is 9. The summed E-state index contributed by atoms with van der Waals surface area (Å²) in [5.74, 6) is 0.612. The van der Waals surface area contributed by atoms with Gasteiger partial charge in [0.1, 0.15) is 17.2 Å². The topological polar surface area (TPSA) is 63.9 Å². The molecule has 31 heavy (non-hydrogen) atoms. The molecule has 168 valence electrons. The van der Waals surface area contributed by atoms with Gasteiger partial charge in [0, 0.05) is 25.2 Å². The van der Waals surface area contributed by atoms with Crippen molar-refractivity contribution in [2.45, 2.75) is 46.5 Å². The number of benzene rings is 2. The molecule has 0 saturated heterocycles. The van der Waals surface area contributed by atoms with Gasteiger partial charge in [-0.2, -0.15) is 0 Å². The molecule has 2 aromatic rings. The SMILES string of the molecule is C=C(S)C(C/C(=C\C)c1cc(C(C)C)c(O)cc1O)Cc1ccc(O)c(N(C)CC)c1. The monoisotopic (exact) mass is 441 g/mol. The first kappa shape index (κ1) is 24.7. The Balaban J connectivity index is 2.35. The average molecular weight is 442 g/mol. The van der Waals surface area contributed by atoms with Gasteiger partial charge < -0.3 is 20.2 Å². The molecule has 2 rings (SSSR count). The summed E-state index contributed by atoms with van der Waals surface area (Å²) in [4.78, 5) is 2.77. The summed E-state index contributed by atoms with van der Waals surface area (Å²) in [6, 6.07) is 8.96. The molecule has 0 heterocycles. The molecule has 0 aromatic heterocycles. The summed E-state index contributed by atoms with van der Waals surface area (Å²) in [6.07, 6.45) is 3.35. The highest BCUT2D eigenvalue weighted by atomic mass is 32.1. The van der Waals surface area contributed by atoms with E-state index < -0.39 is 0 Å². The average Bonchev–Trinajstić information content (AvgIpc) is 2.71. The number of phenolic OH excluding ortho intramolecular Hbond substituents is 3. The van der Waals surface area contributed by atoms with Gasteiger partial charge in [-0.3, -0.25) is 0 Å². The van der Waals surface area contributed by atoms with Gasteiger partial charge in [-0.05, 0) is 78.3 Å². The third kappa shape index (κ3) is 6.01. The summed E-state index contributed by atoms with van der Waals surface area (Å²) in [7, 11) is 1.95. The second-order valence-corrected chi connectivity index (χ2v) is 8.90. The zero-order chi connectivity index (χ0) is 23.3. The van der Waals surface area contributed by atoms with Crippen LogP contribution in [0.15, 0.2) is 47.9 Å². The van der Waals surface area contributed by atoms with E-state index in [-0.39, 0.29) is 29.1 Å². The van der Waals surface area contributed by atoms with Crippen LogP contribution in [0.25, 0.3) is 5.57 Å². The summed E-state index contributed by atoms with van der Waals surface area (Å²) in [6.45, 7) is 12.9. The zero-order valence-corrected chi connectivity index (χ0v) is 20.1. The van der Waals surface area contributed by atoms with Crippen LogP contribution in [-0.4, -0.2) is 28.9 Å². The van der Waals surface area contributed by atoms with E-state index in [1.165, 1.54) is 6.07 Å². The largest absolute Gasteiger partial charge is 0.508 e. The van der Waals surface area contributed by atoms with Crippen LogP contribution < -0.4 is 4.90 Å². The molecule has 1 atom stereocenters. The molecule has 0 bridgehead atoms. The lowest BCUT2D eigenvalue weighted by atomic mass is 9.87. The van der Waals surface area contributed by atoms with Crippen molar-refractivity contribution in [3.05, 3.63) is 64.6 Å². The Morgan fingerprint density at radius 3 is 2.32 bits per heavy atom. The second-order valence-electron chi connectivity index (χ2n) is 8.33. The van der Waals surface area contributed by atoms with E-state index in [9.17, 15) is 15.3 Å². The smallest absolute Gasteiger partial charge is 0.138 e. The third-order valence-electron chi connectivity index (χ3n) is 5.81. The zero-order valence-electron chi connectivity index (χ0n) is 19.2. The van der Waals surface area contributed by atoms with Crippen molar-refractivity contribution in [1.29, 1.82) is 0 Å². The first-order valence-corrected chi connectivity index (χ1v) is 11.2. The predicted molar refractivity (Wildman–Crippen MR) is 134 cm³/mol. The predicted octanol–water partition coefficient (Wildman–Crippen LogP) is 6.48. The van der Waals surface area contributed by atoms with Crippen LogP contribution in [0.4, 0.5) is 5.69 Å². The maximum Gasteiger partial charge on any atom is 0.138 e. The van der Waals surface area contributed by atoms with Gasteiger partial charge in [-0.25, -0.2) is 0 Å². The standard InChI is InChI=1S/C26H35NO3S/c1-7-19(22-14-21(16(3)4)25(29)15-26(22)30)13-20(17(5)31)11-18-9-10-24(28)23(12-18)27(6)8-2/h7,9-10,12,14-16,20,28-31H,5,8,11,13H2,1-4,6H3/b19-7+. The van der Waals surface area contributed by atoms with Crippen LogP contribution in [0.3, 0.4) is 0 Å². The second kappa shape index (κ2) is 10.7. The van der Waals surface area contributed by atoms with Gasteiger partial charge >= 0.3 is 0 Å². The number of allylic oxidation sites excluding steroid dienone is 3. The quantitative estimate of drug-likeness (QED) is 0.336. The molecular formula is C26H35NO3S. The molecule has 2 aromatic carbocycles. The summed E-state index contributed by atoms with van der Waals surface area (Å²) in [5, 5.41) is 30.9. The number of hydrogen-bond acceptors (Lipinski definition) is 5. The molecule has 0 amide bonds. The summed E-state index contributed by atoms with van der Waals surface area (Å²) >= 11 is 4.57. The molecular weight excluding hydrogens is 406 g/mol. The fraction of sp³-hybridized carbons (Fsp3) is 0.385. The van der Waals surface area contributed by atoms with Crippen LogP contribution in [0.5, 0.6) is 17.2 Å². The highest BCUT2D eigenvalue weighted by molar-refractivity contribution is 7.84. The highest BCUT2D eigenvalue weighted by Gasteiger charge is 2.20. The highest BCUT2D eigenvalue weighted by Crippen LogP contribution is 2.39. The maximum atomic E-state index is 10.5. The van der Waals surface area contributed by atoms with E-state index in [2.05, 4.69) is 19.2 Å². The lowest BCUT2D eigenvalue weighted by Crippen LogP contribution is -2.16. The Hall–Kier alpha value is -2.53. The minimum absolute atomic E-state index is 0.0366. The molecule has 0 saturated carbocycles. The lowest BCUT2D eigenvalue weighted by molar-refractivity contribution is 0.442. The Bertz CT molecular complexity index is 965. The molecule has 0 aliphatic rings. The minimum Gasteiger partial charge on any atom is -0.508 e. The van der Waals surface area contributed by atoms with Crippen molar-refractivity contribution in [3.8, 4) is 17.2 Å². The molecule has 4 nitrogen and oxygen atoms in total. The van der Waals surface area contributed by atoms with Crippen LogP contribution in [0.1, 0.15) is 56.7 Å². The maximum absolute atomic E-state index is 10.5. The number of aromatic hydroxyl groups is 3. The van der Waals surface area contributed by atoms with E-state index in [1.54, 1.807) is 6.07 Å². The lowest BCUT2D eigenvalue weighted by Gasteiger charge is -2.23. The van der Waals surface area contributed by atoms with Crippen molar-refractivity contribution in [3.63, 3.8) is 0 Å². The number of nitrogens with zero attached hydrogens (tertiary/aromatic N) is 1. The van der Waals surface area contributed by atoms with Crippen molar-refractivity contribution in [2.75, 3.05) is 18.5 Å². The Labute approximate surface area is 192 Å². The fourth-order valence-corrected chi connectivity index (χ4v) is 3.91. The van der Waals surface area contributed by atoms with Crippen molar-refractivity contribution in [1.82, 2.24) is 0 Å². The van der Waals surface area contributed by atoms with E-state index >= 15 is 0 Å². The first-order valence-electron chi connectivity index (χ1n) is 10.7. The number of anilines is 1. The van der Waals surface area contributed by atoms with Crippen molar-refractivity contribution >= 4 is 23.9 Å². The first-order chi connectivity index (χ1) is 14.6. The van der Waals surface area contributed by atoms with E-state index in [1.807, 2.05) is 63.9 Å². The van der Waals surface area contributed by atoms with Gasteiger partial charge in [0.25, 0.3) is 0 Å². The minimum atomic E-state index is 0.0366. The fourth-order valence-electron chi connectivity index (χ4n) is 3.73. The van der Waals surface area contributed by atoms with E-state index in [0.29, 0.717) is 12.8 Å². The van der Waals surface area contributed by atoms with Crippen molar-refractivity contribution < 1.29 is 15.3 Å². The molecule has 0 aliphatic carbocycles. The van der Waals surface area contributed by atoms with Crippen LogP contribution in [0.2, 0.25) is 0 Å². The Morgan fingerprint density at radius 2 is 1.77 bits per heavy atom. The molecule has 0 aliphatic heterocycles. The molecule has 1 unspecified atom stereocenters. The van der Waals surface area contributed by atoms with Gasteiger partial charge in [-0.1, -0.05) is 32.6 Å². The van der Waals surface area contributed by atoms with E-state index in [0.717, 1.165) is 39.4 Å². The van der Waals surface area contributed by atoms with Gasteiger partial charge in [0.2, 0.25) is 0 Å². The normalized spacial score (nSPS) is 12.8. The number of thiol groups is 1. The van der Waals surface area contributed by atoms with Crippen molar-refractivity contribution in [2.24, 2.45) is 5.92 Å². The molecule has 3 N–H and O–H groups in total. The van der Waals surface area contributed by atoms with Gasteiger partial charge in [0.15, 0.2) is 0 Å². The Kier molecular flexibility index (Phi) is 8.52. The van der Waals surface area contributed by atoms with Crippen LogP contribution in [-0.2, 0) is 6.42 Å². The van der Waals surface area contributed by atoms with Gasteiger partial charge in [-0.15, -0.1) is 12.6 Å². The molecule has 0 spiro atoms. The summed E-state index contributed by atoms with van der Waals surface area (Å²) in [5.41, 5.74) is 4.39. The van der Waals surface area contributed by atoms with Gasteiger partial charge in [0.05, 0.1) is 5.69 Å². The number of phenols is 3.